The number of rotatable bonds is 4. The van der Waals surface area contributed by atoms with Crippen LogP contribution in [-0.2, 0) is 10.3 Å². The second kappa shape index (κ2) is 9.13. The fourth-order valence-corrected chi connectivity index (χ4v) is 5.28. The monoisotopic (exact) mass is 550 g/mol. The Labute approximate surface area is 222 Å². The van der Waals surface area contributed by atoms with Crippen molar-refractivity contribution in [2.75, 3.05) is 18.4 Å². The fourth-order valence-electron chi connectivity index (χ4n) is 4.79. The number of benzene rings is 2. The fraction of sp³-hybridized carbons (Fsp3) is 0.423. The van der Waals surface area contributed by atoms with Crippen LogP contribution >= 0.6 is 23.2 Å². The first-order valence-corrected chi connectivity index (χ1v) is 12.7. The van der Waals surface area contributed by atoms with Gasteiger partial charge in [-0.05, 0) is 64.3 Å². The normalized spacial score (nSPS) is 19.9. The summed E-state index contributed by atoms with van der Waals surface area (Å²) < 4.78 is 37.5. The first kappa shape index (κ1) is 25.7. The van der Waals surface area contributed by atoms with E-state index in [-0.39, 0.29) is 63.3 Å². The van der Waals surface area contributed by atoms with Gasteiger partial charge < -0.3 is 15.0 Å². The summed E-state index contributed by atoms with van der Waals surface area (Å²) >= 11 is 12.7. The number of amides is 1. The molecule has 196 valence electrons. The lowest BCUT2D eigenvalue weighted by atomic mass is 9.87. The summed E-state index contributed by atoms with van der Waals surface area (Å²) in [5.41, 5.74) is -2.13. The second-order valence-electron chi connectivity index (χ2n) is 10.6. The van der Waals surface area contributed by atoms with Crippen molar-refractivity contribution in [2.45, 2.75) is 57.2 Å². The van der Waals surface area contributed by atoms with E-state index in [1.54, 1.807) is 20.8 Å². The lowest BCUT2D eigenvalue weighted by Crippen LogP contribution is -2.42. The van der Waals surface area contributed by atoms with Crippen LogP contribution in [0, 0.1) is 11.6 Å². The molecule has 5 rings (SSSR count). The molecule has 1 saturated carbocycles. The van der Waals surface area contributed by atoms with Gasteiger partial charge in [0, 0.05) is 23.8 Å². The van der Waals surface area contributed by atoms with Crippen molar-refractivity contribution >= 4 is 45.9 Å². The van der Waals surface area contributed by atoms with E-state index in [0.29, 0.717) is 0 Å². The minimum Gasteiger partial charge on any atom is -0.444 e. The van der Waals surface area contributed by atoms with Gasteiger partial charge >= 0.3 is 6.09 Å². The van der Waals surface area contributed by atoms with Crippen molar-refractivity contribution in [3.05, 3.63) is 68.2 Å². The molecule has 0 spiro atoms. The van der Waals surface area contributed by atoms with Crippen molar-refractivity contribution in [3.63, 3.8) is 0 Å². The molecule has 2 aromatic carbocycles. The number of likely N-dealkylation sites (tertiary alicyclic amines) is 1. The van der Waals surface area contributed by atoms with Gasteiger partial charge in [-0.25, -0.2) is 18.6 Å². The van der Waals surface area contributed by atoms with Crippen LogP contribution in [0.15, 0.2) is 35.4 Å². The van der Waals surface area contributed by atoms with E-state index in [1.807, 2.05) is 0 Å². The number of aromatic nitrogens is 2. The van der Waals surface area contributed by atoms with Gasteiger partial charge in [0.15, 0.2) is 5.82 Å². The first-order chi connectivity index (χ1) is 17.4. The molecule has 7 nitrogen and oxygen atoms in total. The number of halogens is 4. The zero-order valence-corrected chi connectivity index (χ0v) is 22.1. The molecular formula is C26H26Cl2F2N4O3. The Kier molecular flexibility index (Phi) is 6.35. The number of nitrogens with zero attached hydrogens (tertiary/aromatic N) is 3. The predicted octanol–water partition coefficient (Wildman–Crippen LogP) is 6.26. The Morgan fingerprint density at radius 1 is 1.19 bits per heavy atom. The number of nitrogens with one attached hydrogen (secondary N) is 1. The van der Waals surface area contributed by atoms with Crippen molar-refractivity contribution in [1.29, 1.82) is 0 Å². The summed E-state index contributed by atoms with van der Waals surface area (Å²) in [6.45, 7) is 5.44. The smallest absolute Gasteiger partial charge is 0.410 e. The molecule has 1 amide bonds. The van der Waals surface area contributed by atoms with Crippen molar-refractivity contribution in [1.82, 2.24) is 14.5 Å². The van der Waals surface area contributed by atoms with E-state index in [1.165, 1.54) is 40.1 Å². The van der Waals surface area contributed by atoms with Gasteiger partial charge in [0.1, 0.15) is 16.9 Å². The molecule has 1 aromatic heterocycles. The summed E-state index contributed by atoms with van der Waals surface area (Å²) in [5, 5.41) is 3.43. The van der Waals surface area contributed by atoms with Gasteiger partial charge in [0.25, 0.3) is 5.56 Å². The predicted molar refractivity (Wildman–Crippen MR) is 138 cm³/mol. The second-order valence-corrected chi connectivity index (χ2v) is 11.4. The molecule has 1 atom stereocenters. The molecule has 1 N–H and O–H groups in total. The maximum atomic E-state index is 15.3. The van der Waals surface area contributed by atoms with E-state index in [0.717, 1.165) is 12.8 Å². The third-order valence-electron chi connectivity index (χ3n) is 6.61. The van der Waals surface area contributed by atoms with Gasteiger partial charge in [-0.2, -0.15) is 0 Å². The number of hydrogen-bond acceptors (Lipinski definition) is 5. The van der Waals surface area contributed by atoms with Gasteiger partial charge in [0.05, 0.1) is 33.8 Å². The van der Waals surface area contributed by atoms with Crippen molar-refractivity contribution in [2.24, 2.45) is 0 Å². The highest BCUT2D eigenvalue weighted by molar-refractivity contribution is 6.42. The van der Waals surface area contributed by atoms with Crippen LogP contribution < -0.4 is 10.9 Å². The topological polar surface area (TPSA) is 76.5 Å². The number of ether oxygens (including phenoxy) is 1. The zero-order chi connectivity index (χ0) is 26.7. The lowest BCUT2D eigenvalue weighted by Gasteiger charge is -2.34. The molecule has 1 aliphatic heterocycles. The Balaban J connectivity index is 1.60. The van der Waals surface area contributed by atoms with Gasteiger partial charge in [-0.15, -0.1) is 0 Å². The molecule has 2 heterocycles. The maximum absolute atomic E-state index is 15.3. The van der Waals surface area contributed by atoms with Crippen LogP contribution in [0.1, 0.15) is 51.6 Å². The summed E-state index contributed by atoms with van der Waals surface area (Å²) in [7, 11) is 0. The standard InChI is InChI=1S/C26H26Cl2F2N4O3/c1-25(2,3)37-24(36)33-9-8-26(12-33,20-18(29)7-6-17(27)21(20)28)32-14-10-16-22(19(30)11-14)31-13-34(23(16)35)15-4-5-15/h6-7,10-11,13,15,32H,4-5,8-9,12H2,1-3H3/t26-/m0/s1. The van der Waals surface area contributed by atoms with Gasteiger partial charge in [-0.3, -0.25) is 9.36 Å². The molecule has 11 heteroatoms. The molecule has 1 aliphatic carbocycles. The van der Waals surface area contributed by atoms with Crippen LogP contribution in [0.3, 0.4) is 0 Å². The van der Waals surface area contributed by atoms with E-state index in [9.17, 15) is 9.59 Å². The highest BCUT2D eigenvalue weighted by Crippen LogP contribution is 2.43. The minimum absolute atomic E-state index is 0.0146. The largest absolute Gasteiger partial charge is 0.444 e. The third-order valence-corrected chi connectivity index (χ3v) is 7.41. The van der Waals surface area contributed by atoms with Crippen LogP contribution in [-0.4, -0.2) is 39.2 Å². The molecule has 3 aromatic rings. The number of anilines is 1. The zero-order valence-electron chi connectivity index (χ0n) is 20.6. The average Bonchev–Trinajstić information content (AvgIpc) is 3.56. The quantitative estimate of drug-likeness (QED) is 0.387. The highest BCUT2D eigenvalue weighted by Gasteiger charge is 2.46. The average molecular weight is 551 g/mol. The van der Waals surface area contributed by atoms with E-state index >= 15 is 8.78 Å². The Bertz CT molecular complexity index is 1470. The van der Waals surface area contributed by atoms with Crippen LogP contribution in [0.25, 0.3) is 10.9 Å². The summed E-state index contributed by atoms with van der Waals surface area (Å²) in [6, 6.07) is 5.30. The summed E-state index contributed by atoms with van der Waals surface area (Å²) in [4.78, 5) is 31.5. The van der Waals surface area contributed by atoms with Crippen molar-refractivity contribution in [3.8, 4) is 0 Å². The summed E-state index contributed by atoms with van der Waals surface area (Å²) in [6.07, 6.45) is 2.75. The van der Waals surface area contributed by atoms with Crippen LogP contribution in [0.5, 0.6) is 0 Å². The van der Waals surface area contributed by atoms with Crippen LogP contribution in [0.2, 0.25) is 10.0 Å². The molecule has 2 aliphatic rings. The van der Waals surface area contributed by atoms with Gasteiger partial charge in [-0.1, -0.05) is 23.2 Å². The minimum atomic E-state index is -1.28. The van der Waals surface area contributed by atoms with Crippen molar-refractivity contribution < 1.29 is 18.3 Å². The molecule has 0 unspecified atom stereocenters. The highest BCUT2D eigenvalue weighted by atomic mass is 35.5. The van der Waals surface area contributed by atoms with E-state index < -0.39 is 28.9 Å². The third kappa shape index (κ3) is 4.86. The van der Waals surface area contributed by atoms with E-state index in [2.05, 4.69) is 10.3 Å². The lowest BCUT2D eigenvalue weighted by molar-refractivity contribution is 0.0286. The molecular weight excluding hydrogens is 525 g/mol. The first-order valence-electron chi connectivity index (χ1n) is 12.0. The maximum Gasteiger partial charge on any atom is 0.410 e. The Morgan fingerprint density at radius 2 is 1.92 bits per heavy atom. The molecule has 2 fully saturated rings. The number of hydrogen-bond donors (Lipinski definition) is 1. The number of fused-ring (bicyclic) bond motifs is 1. The van der Waals surface area contributed by atoms with E-state index in [4.69, 9.17) is 27.9 Å². The number of carbonyl (C=O) groups excluding carboxylic acids is 1. The molecule has 0 bridgehead atoms. The summed E-state index contributed by atoms with van der Waals surface area (Å²) in [5.74, 6) is -1.33. The van der Waals surface area contributed by atoms with Crippen LogP contribution in [0.4, 0.5) is 19.3 Å². The SMILES string of the molecule is CC(C)(C)OC(=O)N1CC[C@@](Nc2cc(F)c3ncn(C4CC4)c(=O)c3c2)(c2c(F)ccc(Cl)c2Cl)C1. The Morgan fingerprint density at radius 3 is 2.59 bits per heavy atom. The molecule has 0 radical (unpaired) electrons. The Hall–Kier alpha value is -2.91. The molecule has 37 heavy (non-hydrogen) atoms. The van der Waals surface area contributed by atoms with Gasteiger partial charge in [0.2, 0.25) is 0 Å². The molecule has 1 saturated heterocycles. The number of carbonyl (C=O) groups is 1.